The Kier molecular flexibility index (Phi) is 6.12. The maximum atomic E-state index is 5.17. The fourth-order valence-corrected chi connectivity index (χ4v) is 5.88. The number of rotatable bonds is 5. The van der Waals surface area contributed by atoms with E-state index in [1.54, 1.807) is 0 Å². The van der Waals surface area contributed by atoms with Crippen molar-refractivity contribution in [2.75, 3.05) is 0 Å². The van der Waals surface area contributed by atoms with Crippen molar-refractivity contribution in [2.45, 2.75) is 0 Å². The van der Waals surface area contributed by atoms with Gasteiger partial charge in [0, 0.05) is 27.5 Å². The lowest BCUT2D eigenvalue weighted by Crippen LogP contribution is -1.98. The predicted molar refractivity (Wildman–Crippen MR) is 178 cm³/mol. The van der Waals surface area contributed by atoms with Crippen molar-refractivity contribution in [3.63, 3.8) is 0 Å². The zero-order valence-electron chi connectivity index (χ0n) is 23.4. The molecule has 0 unspecified atom stereocenters. The fourth-order valence-electron chi connectivity index (χ4n) is 5.88. The molecule has 0 aliphatic heterocycles. The van der Waals surface area contributed by atoms with Gasteiger partial charge in [-0.2, -0.15) is 5.10 Å². The Labute approximate surface area is 250 Å². The van der Waals surface area contributed by atoms with Crippen molar-refractivity contribution in [1.29, 1.82) is 0 Å². The predicted octanol–water partition coefficient (Wildman–Crippen LogP) is 10.2. The highest BCUT2D eigenvalue weighted by atomic mass is 15.3. The summed E-state index contributed by atoms with van der Waals surface area (Å²) in [5, 5.41) is 8.65. The van der Waals surface area contributed by atoms with Gasteiger partial charge in [-0.05, 0) is 46.8 Å². The van der Waals surface area contributed by atoms with Gasteiger partial charge in [-0.25, -0.2) is 9.67 Å². The highest BCUT2D eigenvalue weighted by Gasteiger charge is 2.17. The molecular formula is C40H27N3. The smallest absolute Gasteiger partial charge is 0.101 e. The van der Waals surface area contributed by atoms with Crippen molar-refractivity contribution in [3.8, 4) is 50.6 Å². The van der Waals surface area contributed by atoms with Crippen LogP contribution in [0.4, 0.5) is 0 Å². The Balaban J connectivity index is 1.28. The van der Waals surface area contributed by atoms with E-state index in [9.17, 15) is 0 Å². The number of aromatic nitrogens is 3. The van der Waals surface area contributed by atoms with Gasteiger partial charge in [-0.1, -0.05) is 133 Å². The first kappa shape index (κ1) is 25.0. The molecule has 0 bridgehead atoms. The molecule has 6 aromatic carbocycles. The Morgan fingerprint density at radius 2 is 0.953 bits per heavy atom. The molecule has 0 aliphatic carbocycles. The SMILES string of the molecule is c1ccc(-c2cc(-c3ccc(-c4c5ccc6ccccc6c5nn4-c4ccccc4)cc3)cc(-c3ccccc3)n2)cc1. The molecule has 3 nitrogen and oxygen atoms in total. The van der Waals surface area contributed by atoms with Crippen LogP contribution >= 0.6 is 0 Å². The van der Waals surface area contributed by atoms with Crippen LogP contribution < -0.4 is 0 Å². The summed E-state index contributed by atoms with van der Waals surface area (Å²) in [7, 11) is 0. The summed E-state index contributed by atoms with van der Waals surface area (Å²) in [6.07, 6.45) is 0. The van der Waals surface area contributed by atoms with Crippen molar-refractivity contribution in [2.24, 2.45) is 0 Å². The third-order valence-corrected chi connectivity index (χ3v) is 8.02. The summed E-state index contributed by atoms with van der Waals surface area (Å²) < 4.78 is 2.08. The van der Waals surface area contributed by atoms with E-state index in [2.05, 4.69) is 150 Å². The van der Waals surface area contributed by atoms with Crippen LogP contribution in [0.2, 0.25) is 0 Å². The standard InChI is InChI=1S/C40H27N3/c1-4-13-30(14-5-1)37-26-33(27-38(41-37)31-15-6-2-7-16-31)28-20-22-32(23-21-28)40-36-25-24-29-12-10-11-19-35(29)39(36)42-43(40)34-17-8-3-9-18-34/h1-27H. The summed E-state index contributed by atoms with van der Waals surface area (Å²) in [5.74, 6) is 0. The van der Waals surface area contributed by atoms with E-state index >= 15 is 0 Å². The maximum Gasteiger partial charge on any atom is 0.101 e. The topological polar surface area (TPSA) is 30.7 Å². The third-order valence-electron chi connectivity index (χ3n) is 8.02. The molecular weight excluding hydrogens is 522 g/mol. The highest BCUT2D eigenvalue weighted by molar-refractivity contribution is 6.10. The molecule has 3 heteroatoms. The molecule has 8 aromatic rings. The summed E-state index contributed by atoms with van der Waals surface area (Å²) in [6.45, 7) is 0. The molecule has 0 radical (unpaired) electrons. The third kappa shape index (κ3) is 4.58. The lowest BCUT2D eigenvalue weighted by molar-refractivity contribution is 0.905. The second kappa shape index (κ2) is 10.6. The van der Waals surface area contributed by atoms with Crippen LogP contribution in [0.3, 0.4) is 0 Å². The van der Waals surface area contributed by atoms with Gasteiger partial charge in [0.1, 0.15) is 5.52 Å². The molecule has 0 N–H and O–H groups in total. The number of benzene rings is 6. The Hall–Kier alpha value is -5.80. The summed E-state index contributed by atoms with van der Waals surface area (Å²) in [5.41, 5.74) is 10.6. The molecule has 43 heavy (non-hydrogen) atoms. The van der Waals surface area contributed by atoms with E-state index in [1.807, 2.05) is 18.2 Å². The lowest BCUT2D eigenvalue weighted by Gasteiger charge is -2.12. The van der Waals surface area contributed by atoms with Crippen molar-refractivity contribution >= 4 is 21.7 Å². The molecule has 0 fully saturated rings. The van der Waals surface area contributed by atoms with Gasteiger partial charge in [0.15, 0.2) is 0 Å². The number of para-hydroxylation sites is 1. The van der Waals surface area contributed by atoms with E-state index in [-0.39, 0.29) is 0 Å². The average molecular weight is 550 g/mol. The Bertz CT molecular complexity index is 2140. The lowest BCUT2D eigenvalue weighted by atomic mass is 9.97. The maximum absolute atomic E-state index is 5.17. The quantitative estimate of drug-likeness (QED) is 0.214. The Morgan fingerprint density at radius 3 is 1.60 bits per heavy atom. The number of hydrogen-bond acceptors (Lipinski definition) is 2. The molecule has 202 valence electrons. The molecule has 0 saturated heterocycles. The number of nitrogens with zero attached hydrogens (tertiary/aromatic N) is 3. The van der Waals surface area contributed by atoms with Crippen molar-refractivity contribution < 1.29 is 0 Å². The summed E-state index contributed by atoms with van der Waals surface area (Å²) in [4.78, 5) is 5.05. The van der Waals surface area contributed by atoms with Crippen molar-refractivity contribution in [3.05, 3.63) is 164 Å². The van der Waals surface area contributed by atoms with Crippen LogP contribution in [-0.4, -0.2) is 14.8 Å². The number of hydrogen-bond donors (Lipinski definition) is 0. The van der Waals surface area contributed by atoms with Gasteiger partial charge in [0.25, 0.3) is 0 Å². The molecule has 2 aromatic heterocycles. The van der Waals surface area contributed by atoms with E-state index in [0.29, 0.717) is 0 Å². The fraction of sp³-hybridized carbons (Fsp3) is 0. The van der Waals surface area contributed by atoms with Crippen molar-refractivity contribution in [1.82, 2.24) is 14.8 Å². The normalized spacial score (nSPS) is 11.3. The second-order valence-corrected chi connectivity index (χ2v) is 10.7. The minimum atomic E-state index is 0.959. The minimum Gasteiger partial charge on any atom is -0.248 e. The van der Waals surface area contributed by atoms with E-state index in [0.717, 1.165) is 66.9 Å². The van der Waals surface area contributed by atoms with Crippen LogP contribution in [0.15, 0.2) is 164 Å². The van der Waals surface area contributed by atoms with Crippen LogP contribution in [0, 0.1) is 0 Å². The summed E-state index contributed by atoms with van der Waals surface area (Å²) >= 11 is 0. The number of fused-ring (bicyclic) bond motifs is 3. The first-order valence-corrected chi connectivity index (χ1v) is 14.5. The van der Waals surface area contributed by atoms with E-state index < -0.39 is 0 Å². The largest absolute Gasteiger partial charge is 0.248 e. The second-order valence-electron chi connectivity index (χ2n) is 10.7. The van der Waals surface area contributed by atoms with Gasteiger partial charge in [-0.15, -0.1) is 0 Å². The molecule has 0 aliphatic rings. The molecule has 0 atom stereocenters. The zero-order chi connectivity index (χ0) is 28.6. The number of pyridine rings is 1. The van der Waals surface area contributed by atoms with Crippen LogP contribution in [0.25, 0.3) is 72.3 Å². The van der Waals surface area contributed by atoms with Crippen LogP contribution in [0.1, 0.15) is 0 Å². The highest BCUT2D eigenvalue weighted by Crippen LogP contribution is 2.37. The van der Waals surface area contributed by atoms with Gasteiger partial charge in [0.2, 0.25) is 0 Å². The molecule has 0 saturated carbocycles. The molecule has 2 heterocycles. The first-order chi connectivity index (χ1) is 21.3. The first-order valence-electron chi connectivity index (χ1n) is 14.5. The van der Waals surface area contributed by atoms with Crippen LogP contribution in [-0.2, 0) is 0 Å². The van der Waals surface area contributed by atoms with Gasteiger partial charge >= 0.3 is 0 Å². The average Bonchev–Trinajstić information content (AvgIpc) is 3.50. The van der Waals surface area contributed by atoms with Gasteiger partial charge in [-0.3, -0.25) is 0 Å². The zero-order valence-corrected chi connectivity index (χ0v) is 23.4. The molecule has 0 spiro atoms. The van der Waals surface area contributed by atoms with E-state index in [4.69, 9.17) is 10.1 Å². The monoisotopic (exact) mass is 549 g/mol. The Morgan fingerprint density at radius 1 is 0.395 bits per heavy atom. The summed E-state index contributed by atoms with van der Waals surface area (Å²) in [6, 6.07) is 57.2. The minimum absolute atomic E-state index is 0.959. The molecule has 8 rings (SSSR count). The van der Waals surface area contributed by atoms with Gasteiger partial charge < -0.3 is 0 Å². The van der Waals surface area contributed by atoms with Crippen LogP contribution in [0.5, 0.6) is 0 Å². The van der Waals surface area contributed by atoms with Gasteiger partial charge in [0.05, 0.1) is 22.8 Å². The van der Waals surface area contributed by atoms with E-state index in [1.165, 1.54) is 5.39 Å². The molecule has 0 amide bonds.